The number of hydrogen-bond donors (Lipinski definition) is 0. The fourth-order valence-corrected chi connectivity index (χ4v) is 1.57. The summed E-state index contributed by atoms with van der Waals surface area (Å²) >= 11 is 0. The molecule has 0 radical (unpaired) electrons. The average Bonchev–Trinajstić information content (AvgIpc) is 2.41. The van der Waals surface area contributed by atoms with Crippen molar-refractivity contribution in [2.45, 2.75) is 20.3 Å². The minimum atomic E-state index is -0.835. The third kappa shape index (κ3) is 4.98. The Morgan fingerprint density at radius 2 is 1.67 bits per heavy atom. The number of rotatable bonds is 6. The topological polar surface area (TPSA) is 52.6 Å². The van der Waals surface area contributed by atoms with Gasteiger partial charge in [0.05, 0.1) is 13.2 Å². The molecule has 4 nitrogen and oxygen atoms in total. The van der Waals surface area contributed by atoms with Gasteiger partial charge in [-0.3, -0.25) is 0 Å². The maximum absolute atomic E-state index is 13.5. The fraction of sp³-hybridized carbons (Fsp3) is 0.333. The van der Waals surface area contributed by atoms with E-state index in [1.165, 1.54) is 12.1 Å². The van der Waals surface area contributed by atoms with Crippen LogP contribution in [0, 0.1) is 11.6 Å². The Morgan fingerprint density at radius 3 is 2.14 bits per heavy atom. The molecule has 0 aliphatic rings. The number of hydrogen-bond acceptors (Lipinski definition) is 4. The molecule has 0 saturated carbocycles. The van der Waals surface area contributed by atoms with E-state index in [1.807, 2.05) is 0 Å². The first-order valence-corrected chi connectivity index (χ1v) is 6.47. The maximum Gasteiger partial charge on any atom is 0.345 e. The van der Waals surface area contributed by atoms with E-state index in [-0.39, 0.29) is 30.8 Å². The van der Waals surface area contributed by atoms with Crippen molar-refractivity contribution >= 4 is 11.9 Å². The summed E-state index contributed by atoms with van der Waals surface area (Å²) in [6, 6.07) is 3.08. The third-order valence-corrected chi connectivity index (χ3v) is 2.53. The van der Waals surface area contributed by atoms with Crippen molar-refractivity contribution in [3.05, 3.63) is 47.0 Å². The largest absolute Gasteiger partial charge is 0.462 e. The Labute approximate surface area is 121 Å². The van der Waals surface area contributed by atoms with Crippen molar-refractivity contribution in [2.24, 2.45) is 0 Å². The molecule has 0 heterocycles. The molecule has 0 amide bonds. The summed E-state index contributed by atoms with van der Waals surface area (Å²) in [5, 5.41) is 0. The molecule has 0 fully saturated rings. The molecule has 0 spiro atoms. The zero-order valence-electron chi connectivity index (χ0n) is 11.8. The van der Waals surface area contributed by atoms with E-state index < -0.39 is 23.6 Å². The Hall–Kier alpha value is -2.24. The van der Waals surface area contributed by atoms with Gasteiger partial charge in [-0.1, -0.05) is 12.1 Å². The highest BCUT2D eigenvalue weighted by Gasteiger charge is 2.20. The van der Waals surface area contributed by atoms with Crippen LogP contribution in [0.1, 0.15) is 19.4 Å². The number of ether oxygens (including phenoxy) is 2. The monoisotopic (exact) mass is 298 g/mol. The van der Waals surface area contributed by atoms with Crippen molar-refractivity contribution in [1.82, 2.24) is 0 Å². The molecule has 0 bridgehead atoms. The van der Waals surface area contributed by atoms with E-state index in [2.05, 4.69) is 0 Å². The summed E-state index contributed by atoms with van der Waals surface area (Å²) in [7, 11) is 0. The lowest BCUT2D eigenvalue weighted by Gasteiger charge is -2.07. The van der Waals surface area contributed by atoms with E-state index in [0.29, 0.717) is 0 Å². The van der Waals surface area contributed by atoms with Gasteiger partial charge in [-0.05, 0) is 31.9 Å². The van der Waals surface area contributed by atoms with E-state index in [0.717, 1.165) is 12.1 Å². The lowest BCUT2D eigenvalue weighted by molar-refractivity contribution is -0.146. The molecule has 0 saturated heterocycles. The Bertz CT molecular complexity index is 533. The van der Waals surface area contributed by atoms with Crippen LogP contribution in [-0.4, -0.2) is 25.2 Å². The molecule has 1 rings (SSSR count). The molecule has 0 aromatic heterocycles. The van der Waals surface area contributed by atoms with Gasteiger partial charge in [-0.25, -0.2) is 18.4 Å². The van der Waals surface area contributed by atoms with E-state index >= 15 is 0 Å². The summed E-state index contributed by atoms with van der Waals surface area (Å²) in [6.45, 7) is 3.39. The van der Waals surface area contributed by atoms with Gasteiger partial charge in [-0.15, -0.1) is 0 Å². The first-order chi connectivity index (χ1) is 9.99. The van der Waals surface area contributed by atoms with Gasteiger partial charge in [0.25, 0.3) is 0 Å². The maximum atomic E-state index is 13.5. The molecule has 0 aliphatic carbocycles. The molecule has 6 heteroatoms. The zero-order chi connectivity index (χ0) is 15.8. The van der Waals surface area contributed by atoms with Gasteiger partial charge in [0.1, 0.15) is 17.2 Å². The number of carbonyl (C=O) groups is 2. The number of carbonyl (C=O) groups excluding carboxylic acids is 2. The summed E-state index contributed by atoms with van der Waals surface area (Å²) in [5.74, 6) is -3.12. The summed E-state index contributed by atoms with van der Waals surface area (Å²) in [6.07, 6.45) is 1.16. The van der Waals surface area contributed by atoms with Gasteiger partial charge < -0.3 is 9.47 Å². The number of allylic oxidation sites excluding steroid dienone is 1. The van der Waals surface area contributed by atoms with Gasteiger partial charge in [0.15, 0.2) is 0 Å². The molecule has 114 valence electrons. The standard InChI is InChI=1S/C15H16F2O4/c1-3-20-14(18)12(15(19)21-4-2)8-6-10-5-7-11(16)9-13(10)17/h5,7-9H,3-4,6H2,1-2H3. The highest BCUT2D eigenvalue weighted by Crippen LogP contribution is 2.12. The average molecular weight is 298 g/mol. The molecule has 0 atom stereocenters. The van der Waals surface area contributed by atoms with Crippen LogP contribution >= 0.6 is 0 Å². The van der Waals surface area contributed by atoms with Crippen LogP contribution in [0.2, 0.25) is 0 Å². The van der Waals surface area contributed by atoms with Crippen molar-refractivity contribution in [3.63, 3.8) is 0 Å². The lowest BCUT2D eigenvalue weighted by Crippen LogP contribution is -2.18. The zero-order valence-corrected chi connectivity index (χ0v) is 11.8. The molecule has 1 aromatic rings. The second kappa shape index (κ2) is 8.14. The van der Waals surface area contributed by atoms with Crippen molar-refractivity contribution in [3.8, 4) is 0 Å². The highest BCUT2D eigenvalue weighted by molar-refractivity contribution is 6.14. The predicted octanol–water partition coefficient (Wildman–Crippen LogP) is 2.56. The van der Waals surface area contributed by atoms with Crippen molar-refractivity contribution in [2.75, 3.05) is 13.2 Å². The van der Waals surface area contributed by atoms with Crippen LogP contribution in [0.3, 0.4) is 0 Å². The van der Waals surface area contributed by atoms with Crippen LogP contribution in [0.4, 0.5) is 8.78 Å². The smallest absolute Gasteiger partial charge is 0.345 e. The Kier molecular flexibility index (Phi) is 6.52. The molecule has 21 heavy (non-hydrogen) atoms. The second-order valence-corrected chi connectivity index (χ2v) is 4.00. The SMILES string of the molecule is CCOC(=O)C(=CCc1ccc(F)cc1F)C(=O)OCC. The molecule has 1 aromatic carbocycles. The van der Waals surface area contributed by atoms with Gasteiger partial charge in [0, 0.05) is 6.07 Å². The van der Waals surface area contributed by atoms with Crippen LogP contribution < -0.4 is 0 Å². The predicted molar refractivity (Wildman–Crippen MR) is 71.4 cm³/mol. The van der Waals surface area contributed by atoms with Crippen LogP contribution in [0.5, 0.6) is 0 Å². The minimum Gasteiger partial charge on any atom is -0.462 e. The summed E-state index contributed by atoms with van der Waals surface area (Å²) in [5.41, 5.74) is -0.148. The Morgan fingerprint density at radius 1 is 1.10 bits per heavy atom. The quantitative estimate of drug-likeness (QED) is 0.350. The third-order valence-electron chi connectivity index (χ3n) is 2.53. The molecular weight excluding hydrogens is 282 g/mol. The molecule has 0 unspecified atom stereocenters. The second-order valence-electron chi connectivity index (χ2n) is 4.00. The van der Waals surface area contributed by atoms with Gasteiger partial charge >= 0.3 is 11.9 Å². The van der Waals surface area contributed by atoms with E-state index in [4.69, 9.17) is 9.47 Å². The molecule has 0 N–H and O–H groups in total. The van der Waals surface area contributed by atoms with Gasteiger partial charge in [-0.2, -0.15) is 0 Å². The highest BCUT2D eigenvalue weighted by atomic mass is 19.1. The van der Waals surface area contributed by atoms with Crippen LogP contribution in [-0.2, 0) is 25.5 Å². The number of esters is 2. The van der Waals surface area contributed by atoms with E-state index in [9.17, 15) is 18.4 Å². The van der Waals surface area contributed by atoms with E-state index in [1.54, 1.807) is 13.8 Å². The van der Waals surface area contributed by atoms with Crippen molar-refractivity contribution < 1.29 is 27.8 Å². The first-order valence-electron chi connectivity index (χ1n) is 6.47. The minimum absolute atomic E-state index is 0.0565. The Balaban J connectivity index is 2.96. The summed E-state index contributed by atoms with van der Waals surface area (Å²) in [4.78, 5) is 23.3. The summed E-state index contributed by atoms with van der Waals surface area (Å²) < 4.78 is 35.8. The van der Waals surface area contributed by atoms with Crippen molar-refractivity contribution in [1.29, 1.82) is 0 Å². The number of halogens is 2. The van der Waals surface area contributed by atoms with Crippen LogP contribution in [0.25, 0.3) is 0 Å². The fourth-order valence-electron chi connectivity index (χ4n) is 1.57. The molecule has 0 aliphatic heterocycles. The van der Waals surface area contributed by atoms with Gasteiger partial charge in [0.2, 0.25) is 0 Å². The normalized spacial score (nSPS) is 9.90. The molecular formula is C15H16F2O4. The van der Waals surface area contributed by atoms with Crippen LogP contribution in [0.15, 0.2) is 29.8 Å². The number of benzene rings is 1. The first kappa shape index (κ1) is 16.8. The lowest BCUT2D eigenvalue weighted by atomic mass is 10.1.